The van der Waals surface area contributed by atoms with Gasteiger partial charge in [0.25, 0.3) is 20.2 Å². The first-order valence-electron chi connectivity index (χ1n) is 5.16. The van der Waals surface area contributed by atoms with Crippen LogP contribution in [0.5, 0.6) is 0 Å². The second-order valence-corrected chi connectivity index (χ2v) is 6.16. The Bertz CT molecular complexity index is 309. The molecule has 0 heterocycles. The Balaban J connectivity index is -0.000000196. The fourth-order valence-corrected chi connectivity index (χ4v) is 1.55. The van der Waals surface area contributed by atoms with Crippen LogP contribution in [0.4, 0.5) is 0 Å². The molecule has 114 valence electrons. The highest BCUT2D eigenvalue weighted by molar-refractivity contribution is 7.86. The van der Waals surface area contributed by atoms with Gasteiger partial charge in [0.1, 0.15) is 0 Å². The minimum absolute atomic E-state index is 0.125. The number of aliphatic hydroxyl groups is 2. The van der Waals surface area contributed by atoms with E-state index in [1.165, 1.54) is 0 Å². The first-order chi connectivity index (χ1) is 8.04. The van der Waals surface area contributed by atoms with Crippen molar-refractivity contribution in [2.45, 2.75) is 26.7 Å². The van der Waals surface area contributed by atoms with E-state index in [-0.39, 0.29) is 24.7 Å². The third-order valence-corrected chi connectivity index (χ3v) is 2.87. The van der Waals surface area contributed by atoms with Crippen LogP contribution in [0, 0.1) is 0 Å². The lowest BCUT2D eigenvalue weighted by Crippen LogP contribution is -2.01. The first-order valence-corrected chi connectivity index (χ1v) is 8.37. The SMILES string of the molecule is CCCS(=O)(=O)O.CCCS(=O)(=O)O.OCCO. The van der Waals surface area contributed by atoms with Crippen LogP contribution in [0.25, 0.3) is 0 Å². The van der Waals surface area contributed by atoms with Crippen LogP contribution in [0.15, 0.2) is 0 Å². The summed E-state index contributed by atoms with van der Waals surface area (Å²) in [4.78, 5) is 0. The van der Waals surface area contributed by atoms with Crippen molar-refractivity contribution in [1.82, 2.24) is 0 Å². The molecule has 0 radical (unpaired) electrons. The molecule has 18 heavy (non-hydrogen) atoms. The fraction of sp³-hybridized carbons (Fsp3) is 1.00. The maximum absolute atomic E-state index is 9.79. The average Bonchev–Trinajstić information content (AvgIpc) is 2.15. The van der Waals surface area contributed by atoms with Gasteiger partial charge in [0.05, 0.1) is 24.7 Å². The number of hydrogen-bond acceptors (Lipinski definition) is 6. The van der Waals surface area contributed by atoms with Gasteiger partial charge in [-0.3, -0.25) is 9.11 Å². The second kappa shape index (κ2) is 13.2. The maximum atomic E-state index is 9.79. The highest BCUT2D eigenvalue weighted by Crippen LogP contribution is 1.84. The van der Waals surface area contributed by atoms with Crippen molar-refractivity contribution in [2.75, 3.05) is 24.7 Å². The molecular weight excluding hydrogens is 288 g/mol. The Morgan fingerprint density at radius 2 is 0.944 bits per heavy atom. The third kappa shape index (κ3) is 44.8. The summed E-state index contributed by atoms with van der Waals surface area (Å²) >= 11 is 0. The maximum Gasteiger partial charge on any atom is 0.264 e. The van der Waals surface area contributed by atoms with Gasteiger partial charge in [-0.05, 0) is 12.8 Å². The first kappa shape index (κ1) is 22.9. The Morgan fingerprint density at radius 1 is 0.722 bits per heavy atom. The van der Waals surface area contributed by atoms with E-state index in [1.807, 2.05) is 0 Å². The lowest BCUT2D eigenvalue weighted by Gasteiger charge is -1.86. The van der Waals surface area contributed by atoms with Crippen LogP contribution >= 0.6 is 0 Å². The number of aliphatic hydroxyl groups excluding tert-OH is 2. The molecule has 8 nitrogen and oxygen atoms in total. The predicted molar refractivity (Wildman–Crippen MR) is 67.6 cm³/mol. The van der Waals surface area contributed by atoms with Crippen molar-refractivity contribution >= 4 is 20.2 Å². The standard InChI is InChI=1S/2C3H8O3S.C2H6O2/c2*1-2-3-7(4,5)6;3-1-2-4/h2*2-3H2,1H3,(H,4,5,6);3-4H,1-2H2. The van der Waals surface area contributed by atoms with Crippen molar-refractivity contribution < 1.29 is 36.2 Å². The fourth-order valence-electron chi connectivity index (χ4n) is 0.516. The molecule has 0 aliphatic carbocycles. The van der Waals surface area contributed by atoms with E-state index in [9.17, 15) is 16.8 Å². The predicted octanol–water partition coefficient (Wildman–Crippen LogP) is -0.461. The van der Waals surface area contributed by atoms with Crippen molar-refractivity contribution in [2.24, 2.45) is 0 Å². The molecule has 0 aromatic heterocycles. The summed E-state index contributed by atoms with van der Waals surface area (Å²) in [5, 5.41) is 15.2. The molecule has 0 saturated heterocycles. The Labute approximate surface area is 108 Å². The van der Waals surface area contributed by atoms with Gasteiger partial charge in [-0.25, -0.2) is 0 Å². The Hall–Kier alpha value is -0.260. The number of rotatable bonds is 5. The van der Waals surface area contributed by atoms with E-state index in [0.29, 0.717) is 12.8 Å². The molecule has 0 amide bonds. The molecule has 0 atom stereocenters. The van der Waals surface area contributed by atoms with Gasteiger partial charge in [-0.15, -0.1) is 0 Å². The van der Waals surface area contributed by atoms with Crippen molar-refractivity contribution in [3.8, 4) is 0 Å². The lowest BCUT2D eigenvalue weighted by molar-refractivity contribution is 0.186. The van der Waals surface area contributed by atoms with E-state index in [1.54, 1.807) is 13.8 Å². The summed E-state index contributed by atoms with van der Waals surface area (Å²) in [5.41, 5.74) is 0. The zero-order valence-electron chi connectivity index (χ0n) is 10.5. The molecule has 0 spiro atoms. The molecule has 4 N–H and O–H groups in total. The highest BCUT2D eigenvalue weighted by Gasteiger charge is 1.98. The van der Waals surface area contributed by atoms with Gasteiger partial charge in [-0.2, -0.15) is 16.8 Å². The zero-order valence-corrected chi connectivity index (χ0v) is 12.1. The molecular formula is C8H22O8S2. The van der Waals surface area contributed by atoms with Gasteiger partial charge in [0.15, 0.2) is 0 Å². The smallest absolute Gasteiger partial charge is 0.264 e. The summed E-state index contributed by atoms with van der Waals surface area (Å²) in [5.74, 6) is -0.264. The van der Waals surface area contributed by atoms with E-state index >= 15 is 0 Å². The van der Waals surface area contributed by atoms with Gasteiger partial charge in [0.2, 0.25) is 0 Å². The average molecular weight is 310 g/mol. The van der Waals surface area contributed by atoms with Crippen LogP contribution < -0.4 is 0 Å². The normalized spacial score (nSPS) is 10.8. The summed E-state index contributed by atoms with van der Waals surface area (Å²) in [6, 6.07) is 0. The summed E-state index contributed by atoms with van der Waals surface area (Å²) < 4.78 is 55.1. The van der Waals surface area contributed by atoms with E-state index in [2.05, 4.69) is 0 Å². The lowest BCUT2D eigenvalue weighted by atomic mass is 10.6. The summed E-state index contributed by atoms with van der Waals surface area (Å²) in [6.45, 7) is 3.13. The van der Waals surface area contributed by atoms with Crippen molar-refractivity contribution in [1.29, 1.82) is 0 Å². The van der Waals surface area contributed by atoms with Gasteiger partial charge in [-0.1, -0.05) is 13.8 Å². The highest BCUT2D eigenvalue weighted by atomic mass is 32.2. The van der Waals surface area contributed by atoms with E-state index in [4.69, 9.17) is 19.3 Å². The molecule has 0 aliphatic heterocycles. The van der Waals surface area contributed by atoms with Crippen LogP contribution in [-0.2, 0) is 20.2 Å². The molecule has 0 aliphatic rings. The van der Waals surface area contributed by atoms with Gasteiger partial charge in [0, 0.05) is 0 Å². The van der Waals surface area contributed by atoms with Crippen LogP contribution in [0.1, 0.15) is 26.7 Å². The van der Waals surface area contributed by atoms with E-state index < -0.39 is 20.2 Å². The summed E-state index contributed by atoms with van der Waals surface area (Å²) in [7, 11) is -7.35. The zero-order chi connectivity index (χ0) is 15.2. The minimum Gasteiger partial charge on any atom is -0.394 e. The third-order valence-electron chi connectivity index (χ3n) is 1.02. The molecule has 0 aromatic rings. The molecule has 0 bridgehead atoms. The van der Waals surface area contributed by atoms with Gasteiger partial charge >= 0.3 is 0 Å². The number of hydrogen-bond donors (Lipinski definition) is 4. The van der Waals surface area contributed by atoms with Crippen LogP contribution in [0.3, 0.4) is 0 Å². The van der Waals surface area contributed by atoms with Crippen LogP contribution in [0.2, 0.25) is 0 Å². The molecule has 0 aromatic carbocycles. The molecule has 0 saturated carbocycles. The van der Waals surface area contributed by atoms with Crippen molar-refractivity contribution in [3.05, 3.63) is 0 Å². The van der Waals surface area contributed by atoms with Crippen molar-refractivity contribution in [3.63, 3.8) is 0 Å². The molecule has 0 fully saturated rings. The van der Waals surface area contributed by atoms with Crippen LogP contribution in [-0.4, -0.2) is 60.9 Å². The summed E-state index contributed by atoms with van der Waals surface area (Å²) in [6.07, 6.45) is 0.942. The molecule has 0 rings (SSSR count). The quantitative estimate of drug-likeness (QED) is 0.498. The largest absolute Gasteiger partial charge is 0.394 e. The topological polar surface area (TPSA) is 149 Å². The van der Waals surface area contributed by atoms with E-state index in [0.717, 1.165) is 0 Å². The Kier molecular flexibility index (Phi) is 16.8. The Morgan fingerprint density at radius 3 is 0.944 bits per heavy atom. The monoisotopic (exact) mass is 310 g/mol. The molecule has 10 heteroatoms. The molecule has 0 unspecified atom stereocenters. The van der Waals surface area contributed by atoms with Gasteiger partial charge < -0.3 is 10.2 Å². The second-order valence-electron chi connectivity index (χ2n) is 3.02. The minimum atomic E-state index is -3.67.